The van der Waals surface area contributed by atoms with E-state index in [1.165, 1.54) is 19.6 Å². The first kappa shape index (κ1) is 15.3. The third-order valence-electron chi connectivity index (χ3n) is 1.44. The second-order valence-corrected chi connectivity index (χ2v) is 8.96. The molecule has 0 heterocycles. The zero-order chi connectivity index (χ0) is 13.4. The largest absolute Gasteiger partial charge is 0.438 e. The van der Waals surface area contributed by atoms with Gasteiger partial charge in [-0.15, -0.1) is 5.54 Å². The Hall–Kier alpha value is -0.683. The van der Waals surface area contributed by atoms with Gasteiger partial charge in [0.05, 0.1) is 0 Å². The van der Waals surface area contributed by atoms with Crippen LogP contribution in [0.15, 0.2) is 0 Å². The van der Waals surface area contributed by atoms with E-state index in [4.69, 9.17) is 5.11 Å². The van der Waals surface area contributed by atoms with Crippen LogP contribution in [-0.4, -0.2) is 31.1 Å². The van der Waals surface area contributed by atoms with Crippen LogP contribution < -0.4 is 0 Å². The van der Waals surface area contributed by atoms with Gasteiger partial charge in [-0.25, -0.2) is 0 Å². The van der Waals surface area contributed by atoms with Crippen molar-refractivity contribution in [2.45, 2.75) is 37.6 Å². The van der Waals surface area contributed by atoms with E-state index >= 15 is 0 Å². The number of alkyl halides is 6. The van der Waals surface area contributed by atoms with Crippen molar-refractivity contribution in [3.63, 3.8) is 0 Å². The lowest BCUT2D eigenvalue weighted by atomic mass is 10.1. The molecular weight excluding hydrogens is 254 g/mol. The molecule has 8 heteroatoms. The van der Waals surface area contributed by atoms with Crippen LogP contribution in [0.3, 0.4) is 0 Å². The fraction of sp³-hybridized carbons (Fsp3) is 0.750. The van der Waals surface area contributed by atoms with Gasteiger partial charge in [-0.1, -0.05) is 25.6 Å². The first-order chi connectivity index (χ1) is 6.71. The van der Waals surface area contributed by atoms with Gasteiger partial charge >= 0.3 is 18.0 Å². The molecule has 0 amide bonds. The van der Waals surface area contributed by atoms with Gasteiger partial charge < -0.3 is 5.11 Å². The standard InChI is InChI=1S/C8H10F6OSi/c1-16(2,3)5-4-6(15,7(9,10)11)8(12,13)14/h15H,1-3H3. The van der Waals surface area contributed by atoms with Crippen LogP contribution in [0.25, 0.3) is 0 Å². The maximum absolute atomic E-state index is 12.1. The average Bonchev–Trinajstić information content (AvgIpc) is 1.93. The highest BCUT2D eigenvalue weighted by molar-refractivity contribution is 6.83. The van der Waals surface area contributed by atoms with Gasteiger partial charge in [0, 0.05) is 0 Å². The van der Waals surface area contributed by atoms with Crippen LogP contribution in [0.2, 0.25) is 19.6 Å². The summed E-state index contributed by atoms with van der Waals surface area (Å²) in [4.78, 5) is 0. The van der Waals surface area contributed by atoms with Crippen molar-refractivity contribution in [2.24, 2.45) is 0 Å². The Morgan fingerprint density at radius 3 is 1.38 bits per heavy atom. The third kappa shape index (κ3) is 3.42. The molecule has 1 nitrogen and oxygen atoms in total. The Morgan fingerprint density at radius 2 is 1.19 bits per heavy atom. The third-order valence-corrected chi connectivity index (χ3v) is 2.31. The molecule has 0 aliphatic heterocycles. The van der Waals surface area contributed by atoms with Crippen molar-refractivity contribution in [2.75, 3.05) is 0 Å². The number of hydrogen-bond acceptors (Lipinski definition) is 1. The van der Waals surface area contributed by atoms with Crippen molar-refractivity contribution in [1.82, 2.24) is 0 Å². The Morgan fingerprint density at radius 1 is 0.875 bits per heavy atom. The van der Waals surface area contributed by atoms with Crippen LogP contribution in [0.4, 0.5) is 26.3 Å². The van der Waals surface area contributed by atoms with E-state index < -0.39 is 26.0 Å². The molecule has 0 aromatic carbocycles. The fourth-order valence-electron chi connectivity index (χ4n) is 0.580. The van der Waals surface area contributed by atoms with Crippen LogP contribution in [-0.2, 0) is 0 Å². The van der Waals surface area contributed by atoms with E-state index in [0.717, 1.165) is 5.92 Å². The second kappa shape index (κ2) is 3.96. The zero-order valence-corrected chi connectivity index (χ0v) is 9.72. The number of hydrogen-bond donors (Lipinski definition) is 1. The summed E-state index contributed by atoms with van der Waals surface area (Å²) < 4.78 is 72.7. The Labute approximate surface area is 89.5 Å². The smallest absolute Gasteiger partial charge is 0.363 e. The summed E-state index contributed by atoms with van der Waals surface area (Å²) in [6, 6.07) is 0. The Bertz CT molecular complexity index is 299. The molecule has 94 valence electrons. The zero-order valence-electron chi connectivity index (χ0n) is 8.72. The minimum absolute atomic E-state index is 0.933. The number of aliphatic hydroxyl groups is 1. The summed E-state index contributed by atoms with van der Waals surface area (Å²) in [5.41, 5.74) is -3.07. The van der Waals surface area contributed by atoms with Gasteiger partial charge in [-0.05, 0) is 0 Å². The van der Waals surface area contributed by atoms with E-state index in [2.05, 4.69) is 0 Å². The molecule has 16 heavy (non-hydrogen) atoms. The second-order valence-electron chi connectivity index (χ2n) is 4.21. The molecule has 0 aliphatic rings. The predicted octanol–water partition coefficient (Wildman–Crippen LogP) is 2.72. The van der Waals surface area contributed by atoms with Gasteiger partial charge in [0.25, 0.3) is 0 Å². The molecule has 0 atom stereocenters. The fourth-order valence-corrected chi connectivity index (χ4v) is 1.14. The van der Waals surface area contributed by atoms with Gasteiger partial charge in [0.15, 0.2) is 0 Å². The molecule has 0 unspecified atom stereocenters. The number of halogens is 6. The highest BCUT2D eigenvalue weighted by atomic mass is 28.3. The molecule has 0 fully saturated rings. The summed E-state index contributed by atoms with van der Waals surface area (Å²) in [5, 5.41) is 8.65. The van der Waals surface area contributed by atoms with Crippen LogP contribution in [0.1, 0.15) is 0 Å². The summed E-state index contributed by atoms with van der Waals surface area (Å²) in [7, 11) is -2.45. The molecule has 0 saturated carbocycles. The lowest BCUT2D eigenvalue weighted by Crippen LogP contribution is -2.56. The Kier molecular flexibility index (Phi) is 3.79. The molecule has 0 radical (unpaired) electrons. The van der Waals surface area contributed by atoms with Crippen LogP contribution in [0.5, 0.6) is 0 Å². The lowest BCUT2D eigenvalue weighted by Gasteiger charge is -2.27. The monoisotopic (exact) mass is 264 g/mol. The highest BCUT2D eigenvalue weighted by Gasteiger charge is 2.70. The van der Waals surface area contributed by atoms with Gasteiger partial charge in [-0.2, -0.15) is 26.3 Å². The van der Waals surface area contributed by atoms with E-state index in [0.29, 0.717) is 0 Å². The van der Waals surface area contributed by atoms with Crippen molar-refractivity contribution in [3.05, 3.63) is 0 Å². The van der Waals surface area contributed by atoms with E-state index in [-0.39, 0.29) is 0 Å². The van der Waals surface area contributed by atoms with Crippen LogP contribution >= 0.6 is 0 Å². The van der Waals surface area contributed by atoms with Crippen molar-refractivity contribution in [1.29, 1.82) is 0 Å². The van der Waals surface area contributed by atoms with Gasteiger partial charge in [0.1, 0.15) is 8.07 Å². The molecule has 0 spiro atoms. The summed E-state index contributed by atoms with van der Waals surface area (Å²) in [6.45, 7) is 4.40. The molecule has 0 aliphatic carbocycles. The quantitative estimate of drug-likeness (QED) is 0.405. The molecule has 0 aromatic rings. The molecule has 0 saturated heterocycles. The maximum atomic E-state index is 12.1. The SMILES string of the molecule is C[Si](C)(C)C#CC(O)(C(F)(F)F)C(F)(F)F. The minimum Gasteiger partial charge on any atom is -0.363 e. The maximum Gasteiger partial charge on any atom is 0.438 e. The lowest BCUT2D eigenvalue weighted by molar-refractivity contribution is -0.343. The van der Waals surface area contributed by atoms with E-state index in [1.807, 2.05) is 5.54 Å². The average molecular weight is 264 g/mol. The van der Waals surface area contributed by atoms with E-state index in [1.54, 1.807) is 0 Å². The molecular formula is C8H10F6OSi. The molecule has 0 rings (SSSR count). The van der Waals surface area contributed by atoms with Gasteiger partial charge in [-0.3, -0.25) is 0 Å². The highest BCUT2D eigenvalue weighted by Crippen LogP contribution is 2.42. The normalized spacial score (nSPS) is 14.4. The van der Waals surface area contributed by atoms with Crippen LogP contribution in [0, 0.1) is 11.5 Å². The summed E-state index contributed by atoms with van der Waals surface area (Å²) >= 11 is 0. The summed E-state index contributed by atoms with van der Waals surface area (Å²) in [6.07, 6.45) is -11.7. The topological polar surface area (TPSA) is 20.2 Å². The minimum atomic E-state index is -5.86. The first-order valence-electron chi connectivity index (χ1n) is 4.11. The number of rotatable bonds is 0. The molecule has 0 bridgehead atoms. The molecule has 0 aromatic heterocycles. The molecule has 1 N–H and O–H groups in total. The van der Waals surface area contributed by atoms with E-state index in [9.17, 15) is 26.3 Å². The van der Waals surface area contributed by atoms with Crippen molar-refractivity contribution < 1.29 is 31.4 Å². The van der Waals surface area contributed by atoms with Crippen molar-refractivity contribution in [3.8, 4) is 11.5 Å². The Balaban J connectivity index is 5.54. The first-order valence-corrected chi connectivity index (χ1v) is 7.61. The predicted molar refractivity (Wildman–Crippen MR) is 48.2 cm³/mol. The van der Waals surface area contributed by atoms with Crippen molar-refractivity contribution >= 4 is 8.07 Å². The summed E-state index contributed by atoms with van der Waals surface area (Å²) in [5.74, 6) is 0.933. The van der Waals surface area contributed by atoms with Gasteiger partial charge in [0.2, 0.25) is 0 Å².